The second kappa shape index (κ2) is 58.0. The van der Waals surface area contributed by atoms with E-state index in [0.29, 0.717) is 19.3 Å². The predicted octanol–water partition coefficient (Wildman–Crippen LogP) is 20.7. The van der Waals surface area contributed by atoms with Gasteiger partial charge in [0, 0.05) is 19.3 Å². The Morgan fingerprint density at radius 2 is 0.397 bits per heavy atom. The molecule has 0 aliphatic carbocycles. The van der Waals surface area contributed by atoms with E-state index in [2.05, 4.69) is 20.8 Å². The van der Waals surface area contributed by atoms with Crippen LogP contribution in [-0.4, -0.2) is 37.2 Å². The van der Waals surface area contributed by atoms with Crippen LogP contribution in [0.1, 0.15) is 361 Å². The fourth-order valence-electron chi connectivity index (χ4n) is 9.68. The highest BCUT2D eigenvalue weighted by Crippen LogP contribution is 2.18. The van der Waals surface area contributed by atoms with Crippen LogP contribution in [0.5, 0.6) is 0 Å². The predicted molar refractivity (Wildman–Crippen MR) is 294 cm³/mol. The maximum absolute atomic E-state index is 12.8. The van der Waals surface area contributed by atoms with Crippen molar-refractivity contribution < 1.29 is 28.6 Å². The molecule has 6 nitrogen and oxygen atoms in total. The molecule has 0 aliphatic rings. The van der Waals surface area contributed by atoms with Gasteiger partial charge in [-0.1, -0.05) is 323 Å². The first kappa shape index (κ1) is 66.4. The number of esters is 3. The lowest BCUT2D eigenvalue weighted by atomic mass is 10.0. The summed E-state index contributed by atoms with van der Waals surface area (Å²) in [6.07, 6.45) is 65.5. The first-order valence-electron chi connectivity index (χ1n) is 31.0. The van der Waals surface area contributed by atoms with Crippen LogP contribution < -0.4 is 0 Å². The molecular formula is C62H120O6. The van der Waals surface area contributed by atoms with Gasteiger partial charge in [-0.05, 0) is 19.3 Å². The average Bonchev–Trinajstić information content (AvgIpc) is 3.34. The molecule has 0 N–H and O–H groups in total. The Morgan fingerprint density at radius 1 is 0.235 bits per heavy atom. The summed E-state index contributed by atoms with van der Waals surface area (Å²) in [6, 6.07) is 0. The van der Waals surface area contributed by atoms with Crippen molar-refractivity contribution in [3.63, 3.8) is 0 Å². The fraction of sp³-hybridized carbons (Fsp3) is 0.952. The van der Waals surface area contributed by atoms with Gasteiger partial charge in [-0.25, -0.2) is 0 Å². The van der Waals surface area contributed by atoms with E-state index in [1.807, 2.05) is 0 Å². The highest BCUT2D eigenvalue weighted by Gasteiger charge is 2.19. The normalized spacial score (nSPS) is 11.9. The van der Waals surface area contributed by atoms with Gasteiger partial charge in [-0.2, -0.15) is 0 Å². The third-order valence-electron chi connectivity index (χ3n) is 14.4. The zero-order chi connectivity index (χ0) is 49.3. The van der Waals surface area contributed by atoms with Crippen LogP contribution in [-0.2, 0) is 28.6 Å². The lowest BCUT2D eigenvalue weighted by Gasteiger charge is -2.18. The molecule has 1 atom stereocenters. The topological polar surface area (TPSA) is 78.9 Å². The highest BCUT2D eigenvalue weighted by atomic mass is 16.6. The van der Waals surface area contributed by atoms with Crippen molar-refractivity contribution in [3.8, 4) is 0 Å². The van der Waals surface area contributed by atoms with E-state index in [0.717, 1.165) is 57.8 Å². The molecule has 0 saturated carbocycles. The van der Waals surface area contributed by atoms with Gasteiger partial charge >= 0.3 is 17.9 Å². The number of hydrogen-bond donors (Lipinski definition) is 0. The van der Waals surface area contributed by atoms with Crippen LogP contribution in [0.2, 0.25) is 0 Å². The smallest absolute Gasteiger partial charge is 0.306 e. The molecule has 0 saturated heterocycles. The van der Waals surface area contributed by atoms with Crippen molar-refractivity contribution in [3.05, 3.63) is 0 Å². The molecule has 0 radical (unpaired) electrons. The molecule has 6 heteroatoms. The van der Waals surface area contributed by atoms with E-state index in [1.165, 1.54) is 263 Å². The summed E-state index contributed by atoms with van der Waals surface area (Å²) >= 11 is 0. The Balaban J connectivity index is 4.08. The summed E-state index contributed by atoms with van der Waals surface area (Å²) < 4.78 is 16.9. The Bertz CT molecular complexity index is 1010. The maximum Gasteiger partial charge on any atom is 0.306 e. The average molecular weight is 962 g/mol. The fourth-order valence-corrected chi connectivity index (χ4v) is 9.68. The van der Waals surface area contributed by atoms with Crippen molar-refractivity contribution in [2.75, 3.05) is 13.2 Å². The molecule has 0 aromatic rings. The van der Waals surface area contributed by atoms with Crippen molar-refractivity contribution in [2.45, 2.75) is 367 Å². The summed E-state index contributed by atoms with van der Waals surface area (Å²) in [5.41, 5.74) is 0. The lowest BCUT2D eigenvalue weighted by molar-refractivity contribution is -0.167. The molecule has 0 amide bonds. The number of unbranched alkanes of at least 4 members (excludes halogenated alkanes) is 47. The molecule has 404 valence electrons. The van der Waals surface area contributed by atoms with Crippen molar-refractivity contribution in [1.82, 2.24) is 0 Å². The van der Waals surface area contributed by atoms with Crippen LogP contribution in [0.4, 0.5) is 0 Å². The molecule has 0 bridgehead atoms. The third-order valence-corrected chi connectivity index (χ3v) is 14.4. The van der Waals surface area contributed by atoms with E-state index < -0.39 is 6.10 Å². The standard InChI is InChI=1S/C62H120O6/c1-4-7-10-13-16-19-21-23-25-26-27-28-29-30-31-32-33-34-35-37-38-40-43-46-49-52-55-61(64)67-58-59(57-66-60(63)54-51-48-45-42-18-15-12-9-6-3)68-62(65)56-53-50-47-44-41-39-36-24-22-20-17-14-11-8-5-2/h59H,4-58H2,1-3H3. The van der Waals surface area contributed by atoms with Gasteiger partial charge in [0.2, 0.25) is 0 Å². The van der Waals surface area contributed by atoms with E-state index in [4.69, 9.17) is 14.2 Å². The van der Waals surface area contributed by atoms with Crippen LogP contribution in [0.3, 0.4) is 0 Å². The molecular weight excluding hydrogens is 841 g/mol. The van der Waals surface area contributed by atoms with Gasteiger partial charge in [-0.15, -0.1) is 0 Å². The van der Waals surface area contributed by atoms with E-state index >= 15 is 0 Å². The second-order valence-electron chi connectivity index (χ2n) is 21.3. The SMILES string of the molecule is CCCCCCCCCCCCCCCCCCCCCCCCCCCCC(=O)OCC(COC(=O)CCCCCCCCCCC)OC(=O)CCCCCCCCCCCCCCCCC. The zero-order valence-electron chi connectivity index (χ0n) is 46.4. The maximum atomic E-state index is 12.8. The van der Waals surface area contributed by atoms with Crippen molar-refractivity contribution >= 4 is 17.9 Å². The molecule has 1 unspecified atom stereocenters. The van der Waals surface area contributed by atoms with E-state index in [-0.39, 0.29) is 31.1 Å². The Hall–Kier alpha value is -1.59. The van der Waals surface area contributed by atoms with Crippen LogP contribution in [0.15, 0.2) is 0 Å². The minimum Gasteiger partial charge on any atom is -0.462 e. The molecule has 0 rings (SSSR count). The Kier molecular flexibility index (Phi) is 56.6. The minimum atomic E-state index is -0.760. The number of hydrogen-bond acceptors (Lipinski definition) is 6. The Morgan fingerprint density at radius 3 is 0.588 bits per heavy atom. The molecule has 0 aromatic heterocycles. The molecule has 0 spiro atoms. The van der Waals surface area contributed by atoms with E-state index in [9.17, 15) is 14.4 Å². The van der Waals surface area contributed by atoms with Crippen LogP contribution in [0, 0.1) is 0 Å². The van der Waals surface area contributed by atoms with Crippen molar-refractivity contribution in [1.29, 1.82) is 0 Å². The largest absolute Gasteiger partial charge is 0.462 e. The van der Waals surface area contributed by atoms with Gasteiger partial charge in [0.25, 0.3) is 0 Å². The molecule has 0 heterocycles. The molecule has 0 aliphatic heterocycles. The summed E-state index contributed by atoms with van der Waals surface area (Å²) in [5.74, 6) is -0.835. The number of ether oxygens (including phenoxy) is 3. The molecule has 0 aromatic carbocycles. The van der Waals surface area contributed by atoms with Gasteiger partial charge in [0.1, 0.15) is 13.2 Å². The van der Waals surface area contributed by atoms with Crippen LogP contribution in [0.25, 0.3) is 0 Å². The molecule has 0 fully saturated rings. The second-order valence-corrected chi connectivity index (χ2v) is 21.3. The molecule has 68 heavy (non-hydrogen) atoms. The number of carbonyl (C=O) groups is 3. The van der Waals surface area contributed by atoms with Gasteiger partial charge in [0.15, 0.2) is 6.10 Å². The van der Waals surface area contributed by atoms with E-state index in [1.54, 1.807) is 0 Å². The van der Waals surface area contributed by atoms with Gasteiger partial charge in [-0.3, -0.25) is 14.4 Å². The quantitative estimate of drug-likeness (QED) is 0.0343. The van der Waals surface area contributed by atoms with Crippen molar-refractivity contribution in [2.24, 2.45) is 0 Å². The minimum absolute atomic E-state index is 0.0613. The Labute approximate surface area is 425 Å². The number of rotatable bonds is 58. The lowest BCUT2D eigenvalue weighted by Crippen LogP contribution is -2.30. The third kappa shape index (κ3) is 55.3. The summed E-state index contributed by atoms with van der Waals surface area (Å²) in [4.78, 5) is 38.1. The van der Waals surface area contributed by atoms with Gasteiger partial charge in [0.05, 0.1) is 0 Å². The monoisotopic (exact) mass is 961 g/mol. The summed E-state index contributed by atoms with van der Waals surface area (Å²) in [6.45, 7) is 6.69. The number of carbonyl (C=O) groups excluding carboxylic acids is 3. The first-order chi connectivity index (χ1) is 33.5. The summed E-state index contributed by atoms with van der Waals surface area (Å²) in [7, 11) is 0. The van der Waals surface area contributed by atoms with Gasteiger partial charge < -0.3 is 14.2 Å². The zero-order valence-corrected chi connectivity index (χ0v) is 46.4. The highest BCUT2D eigenvalue weighted by molar-refractivity contribution is 5.71. The summed E-state index contributed by atoms with van der Waals surface area (Å²) in [5, 5.41) is 0. The van der Waals surface area contributed by atoms with Crippen LogP contribution >= 0.6 is 0 Å². The first-order valence-corrected chi connectivity index (χ1v) is 31.0.